The Balaban J connectivity index is 2.14. The molecular formula is C9H6ClN7. The third-order valence-corrected chi connectivity index (χ3v) is 2.06. The first-order valence-corrected chi connectivity index (χ1v) is 4.90. The van der Waals surface area contributed by atoms with Crippen LogP contribution in [0.3, 0.4) is 0 Å². The molecule has 0 radical (unpaired) electrons. The second-order valence-corrected chi connectivity index (χ2v) is 3.36. The first kappa shape index (κ1) is 11.0. The molecule has 0 saturated carbocycles. The average Bonchev–Trinajstić information content (AvgIpc) is 2.86. The summed E-state index contributed by atoms with van der Waals surface area (Å²) < 4.78 is 0. The Labute approximate surface area is 101 Å². The lowest BCUT2D eigenvalue weighted by molar-refractivity contribution is 0.881. The second kappa shape index (κ2) is 5.05. The summed E-state index contributed by atoms with van der Waals surface area (Å²) in [7, 11) is 0. The molecule has 84 valence electrons. The van der Waals surface area contributed by atoms with Crippen molar-refractivity contribution in [3.8, 4) is 6.07 Å². The number of benzene rings is 1. The van der Waals surface area contributed by atoms with Crippen LogP contribution in [0.4, 0.5) is 5.69 Å². The molecule has 0 aliphatic rings. The van der Waals surface area contributed by atoms with E-state index in [-0.39, 0.29) is 11.5 Å². The maximum Gasteiger partial charge on any atom is 0.235 e. The number of aromatic amines is 1. The number of tetrazole rings is 1. The smallest absolute Gasteiger partial charge is 0.235 e. The Kier molecular flexibility index (Phi) is 3.28. The molecule has 2 rings (SSSR count). The summed E-state index contributed by atoms with van der Waals surface area (Å²) in [6.45, 7) is 0. The zero-order valence-electron chi connectivity index (χ0n) is 8.42. The van der Waals surface area contributed by atoms with E-state index in [9.17, 15) is 0 Å². The molecule has 0 bridgehead atoms. The maximum absolute atomic E-state index is 8.86. The van der Waals surface area contributed by atoms with Gasteiger partial charge >= 0.3 is 0 Å². The summed E-state index contributed by atoms with van der Waals surface area (Å²) in [5.41, 5.74) is 3.43. The van der Waals surface area contributed by atoms with Gasteiger partial charge in [-0.3, -0.25) is 5.43 Å². The van der Waals surface area contributed by atoms with E-state index < -0.39 is 0 Å². The van der Waals surface area contributed by atoms with Crippen molar-refractivity contribution in [3.05, 3.63) is 35.1 Å². The Bertz CT molecular complexity index is 552. The summed E-state index contributed by atoms with van der Waals surface area (Å²) >= 11 is 5.73. The predicted molar refractivity (Wildman–Crippen MR) is 61.4 cm³/mol. The van der Waals surface area contributed by atoms with Gasteiger partial charge in [0.25, 0.3) is 0 Å². The molecule has 0 spiro atoms. The quantitative estimate of drug-likeness (QED) is 0.626. The lowest BCUT2D eigenvalue weighted by Crippen LogP contribution is -2.04. The topological polar surface area (TPSA) is 103 Å². The number of hydrogen-bond acceptors (Lipinski definition) is 6. The van der Waals surface area contributed by atoms with E-state index in [1.54, 1.807) is 24.3 Å². The van der Waals surface area contributed by atoms with Crippen LogP contribution in [0.15, 0.2) is 29.4 Å². The van der Waals surface area contributed by atoms with E-state index in [0.29, 0.717) is 10.7 Å². The summed E-state index contributed by atoms with van der Waals surface area (Å²) in [4.78, 5) is 0. The number of hydrazone groups is 1. The van der Waals surface area contributed by atoms with E-state index in [1.807, 2.05) is 6.07 Å². The highest BCUT2D eigenvalue weighted by Gasteiger charge is 2.07. The minimum atomic E-state index is 0.0358. The summed E-state index contributed by atoms with van der Waals surface area (Å²) in [6, 6.07) is 8.75. The van der Waals surface area contributed by atoms with E-state index in [0.717, 1.165) is 0 Å². The van der Waals surface area contributed by atoms with Crippen LogP contribution < -0.4 is 5.43 Å². The van der Waals surface area contributed by atoms with E-state index in [2.05, 4.69) is 31.2 Å². The normalized spacial score (nSPS) is 10.9. The van der Waals surface area contributed by atoms with Crippen molar-refractivity contribution in [2.24, 2.45) is 5.10 Å². The number of nitrogens with one attached hydrogen (secondary N) is 2. The minimum absolute atomic E-state index is 0.0358. The third kappa shape index (κ3) is 2.76. The summed E-state index contributed by atoms with van der Waals surface area (Å²) in [5, 5.41) is 26.2. The van der Waals surface area contributed by atoms with Crippen LogP contribution in [-0.2, 0) is 0 Å². The highest BCUT2D eigenvalue weighted by molar-refractivity contribution is 6.30. The van der Waals surface area contributed by atoms with Crippen LogP contribution in [0.25, 0.3) is 0 Å². The molecule has 0 unspecified atom stereocenters. The lowest BCUT2D eigenvalue weighted by atomic mass is 10.3. The zero-order valence-corrected chi connectivity index (χ0v) is 9.18. The van der Waals surface area contributed by atoms with Gasteiger partial charge in [0, 0.05) is 5.02 Å². The average molecular weight is 248 g/mol. The molecule has 7 nitrogen and oxygen atoms in total. The van der Waals surface area contributed by atoms with Gasteiger partial charge in [0.2, 0.25) is 11.5 Å². The summed E-state index contributed by atoms with van der Waals surface area (Å²) in [5.74, 6) is 0.133. The molecule has 8 heteroatoms. The number of aromatic nitrogens is 4. The SMILES string of the molecule is N#C/C(=N/Nc1ccc(Cl)cc1)c1nn[nH]n1. The summed E-state index contributed by atoms with van der Waals surface area (Å²) in [6.07, 6.45) is 0. The molecule has 0 amide bonds. The van der Waals surface area contributed by atoms with Crippen molar-refractivity contribution in [1.82, 2.24) is 20.6 Å². The Hall–Kier alpha value is -2.46. The Morgan fingerprint density at radius 2 is 2.18 bits per heavy atom. The van der Waals surface area contributed by atoms with Gasteiger partial charge < -0.3 is 0 Å². The first-order chi connectivity index (χ1) is 8.29. The molecule has 0 saturated heterocycles. The van der Waals surface area contributed by atoms with Crippen molar-refractivity contribution in [2.45, 2.75) is 0 Å². The van der Waals surface area contributed by atoms with E-state index >= 15 is 0 Å². The van der Waals surface area contributed by atoms with Crippen molar-refractivity contribution >= 4 is 23.0 Å². The molecule has 1 heterocycles. The lowest BCUT2D eigenvalue weighted by Gasteiger charge is -1.99. The van der Waals surface area contributed by atoms with Crippen LogP contribution >= 0.6 is 11.6 Å². The number of anilines is 1. The number of H-pyrrole nitrogens is 1. The first-order valence-electron chi connectivity index (χ1n) is 4.53. The van der Waals surface area contributed by atoms with Gasteiger partial charge in [-0.15, -0.1) is 10.2 Å². The Morgan fingerprint density at radius 3 is 2.76 bits per heavy atom. The fourth-order valence-corrected chi connectivity index (χ4v) is 1.16. The second-order valence-electron chi connectivity index (χ2n) is 2.93. The van der Waals surface area contributed by atoms with Crippen molar-refractivity contribution in [2.75, 3.05) is 5.43 Å². The molecule has 1 aromatic carbocycles. The fraction of sp³-hybridized carbons (Fsp3) is 0. The number of nitriles is 1. The van der Waals surface area contributed by atoms with E-state index in [4.69, 9.17) is 16.9 Å². The number of halogens is 1. The molecule has 1 aromatic heterocycles. The van der Waals surface area contributed by atoms with Gasteiger partial charge in [0.15, 0.2) is 0 Å². The minimum Gasteiger partial charge on any atom is -0.277 e. The van der Waals surface area contributed by atoms with E-state index in [1.165, 1.54) is 0 Å². The molecule has 0 fully saturated rings. The number of hydrogen-bond donors (Lipinski definition) is 2. The van der Waals surface area contributed by atoms with Gasteiger partial charge in [-0.05, 0) is 29.5 Å². The number of nitrogens with zero attached hydrogens (tertiary/aromatic N) is 5. The van der Waals surface area contributed by atoms with Crippen LogP contribution in [0, 0.1) is 11.3 Å². The van der Waals surface area contributed by atoms with Crippen LogP contribution in [0.5, 0.6) is 0 Å². The molecule has 17 heavy (non-hydrogen) atoms. The van der Waals surface area contributed by atoms with Gasteiger partial charge in [-0.1, -0.05) is 11.6 Å². The monoisotopic (exact) mass is 247 g/mol. The highest BCUT2D eigenvalue weighted by atomic mass is 35.5. The molecular weight excluding hydrogens is 242 g/mol. The standard InChI is InChI=1S/C9H6ClN7/c10-6-1-3-7(4-2-6)12-13-8(5-11)9-14-16-17-15-9/h1-4,12H,(H,14,15,16,17)/b13-8-. The van der Waals surface area contributed by atoms with Crippen molar-refractivity contribution < 1.29 is 0 Å². The van der Waals surface area contributed by atoms with Gasteiger partial charge in [-0.2, -0.15) is 15.6 Å². The van der Waals surface area contributed by atoms with Gasteiger partial charge in [-0.25, -0.2) is 0 Å². The van der Waals surface area contributed by atoms with Crippen LogP contribution in [0.1, 0.15) is 5.82 Å². The fourth-order valence-electron chi connectivity index (χ4n) is 1.03. The highest BCUT2D eigenvalue weighted by Crippen LogP contribution is 2.13. The molecule has 2 N–H and O–H groups in total. The van der Waals surface area contributed by atoms with Gasteiger partial charge in [0.05, 0.1) is 5.69 Å². The Morgan fingerprint density at radius 1 is 1.41 bits per heavy atom. The molecule has 0 aliphatic heterocycles. The van der Waals surface area contributed by atoms with Crippen molar-refractivity contribution in [3.63, 3.8) is 0 Å². The maximum atomic E-state index is 8.86. The number of rotatable bonds is 3. The molecule has 0 aliphatic carbocycles. The van der Waals surface area contributed by atoms with Crippen LogP contribution in [-0.4, -0.2) is 26.3 Å². The zero-order chi connectivity index (χ0) is 12.1. The van der Waals surface area contributed by atoms with Crippen molar-refractivity contribution in [1.29, 1.82) is 5.26 Å². The molecule has 0 atom stereocenters. The molecule has 2 aromatic rings. The van der Waals surface area contributed by atoms with Crippen LogP contribution in [0.2, 0.25) is 5.02 Å². The largest absolute Gasteiger partial charge is 0.277 e. The third-order valence-electron chi connectivity index (χ3n) is 1.80. The predicted octanol–water partition coefficient (Wildman–Crippen LogP) is 1.19. The van der Waals surface area contributed by atoms with Gasteiger partial charge in [0.1, 0.15) is 6.07 Å².